The molecule has 0 radical (unpaired) electrons. The molecule has 1 heterocycles. The smallest absolute Gasteiger partial charge is 0.193 e. The number of rotatable bonds is 3. The van der Waals surface area contributed by atoms with Gasteiger partial charge in [-0.25, -0.2) is 0 Å². The molecule has 104 valence electrons. The Morgan fingerprint density at radius 1 is 1.10 bits per heavy atom. The Morgan fingerprint density at radius 3 is 2.40 bits per heavy atom. The molecule has 0 unspecified atom stereocenters. The summed E-state index contributed by atoms with van der Waals surface area (Å²) in [6.07, 6.45) is 7.18. The van der Waals surface area contributed by atoms with Gasteiger partial charge in [-0.15, -0.1) is 0 Å². The summed E-state index contributed by atoms with van der Waals surface area (Å²) in [5.74, 6) is 0.184. The number of aromatic nitrogens is 2. The number of hydrogen-bond donors (Lipinski definition) is 0. The molecule has 0 bridgehead atoms. The zero-order valence-corrected chi connectivity index (χ0v) is 11.9. The minimum absolute atomic E-state index is 0.184. The van der Waals surface area contributed by atoms with E-state index in [1.807, 2.05) is 37.5 Å². The molecule has 3 heteroatoms. The molecule has 2 aromatic rings. The second kappa shape index (κ2) is 5.23. The number of carbonyl (C=O) groups is 1. The number of Topliss-reactive ketones (excluding diaryl/α,β-unsaturated/α-hetero) is 1. The third-order valence-electron chi connectivity index (χ3n) is 4.41. The van der Waals surface area contributed by atoms with Gasteiger partial charge >= 0.3 is 0 Å². The van der Waals surface area contributed by atoms with Crippen molar-refractivity contribution < 1.29 is 4.79 Å². The van der Waals surface area contributed by atoms with E-state index in [4.69, 9.17) is 0 Å². The molecule has 0 N–H and O–H groups in total. The van der Waals surface area contributed by atoms with Crippen LogP contribution in [0.3, 0.4) is 0 Å². The van der Waals surface area contributed by atoms with Crippen molar-refractivity contribution in [2.75, 3.05) is 0 Å². The van der Waals surface area contributed by atoms with E-state index < -0.39 is 0 Å². The molecule has 1 aromatic heterocycles. The first-order valence-corrected chi connectivity index (χ1v) is 7.32. The molecule has 1 aliphatic rings. The fourth-order valence-corrected chi connectivity index (χ4v) is 3.34. The van der Waals surface area contributed by atoms with E-state index in [-0.39, 0.29) is 11.2 Å². The van der Waals surface area contributed by atoms with Gasteiger partial charge in [-0.05, 0) is 24.5 Å². The van der Waals surface area contributed by atoms with Crippen LogP contribution in [0.25, 0.3) is 0 Å². The highest BCUT2D eigenvalue weighted by Crippen LogP contribution is 2.41. The van der Waals surface area contributed by atoms with Crippen molar-refractivity contribution in [2.45, 2.75) is 37.5 Å². The van der Waals surface area contributed by atoms with E-state index in [2.05, 4.69) is 17.2 Å². The highest BCUT2D eigenvalue weighted by Gasteiger charge is 2.42. The molecule has 0 atom stereocenters. The molecule has 1 fully saturated rings. The van der Waals surface area contributed by atoms with Gasteiger partial charge in [0, 0.05) is 13.2 Å². The van der Waals surface area contributed by atoms with Gasteiger partial charge in [-0.2, -0.15) is 5.10 Å². The van der Waals surface area contributed by atoms with Crippen molar-refractivity contribution in [3.8, 4) is 0 Å². The number of carbonyl (C=O) groups excluding carboxylic acids is 1. The van der Waals surface area contributed by atoms with E-state index in [0.29, 0.717) is 5.69 Å². The Morgan fingerprint density at radius 2 is 1.80 bits per heavy atom. The second-order valence-corrected chi connectivity index (χ2v) is 5.71. The molecular weight excluding hydrogens is 248 g/mol. The largest absolute Gasteiger partial charge is 0.291 e. The standard InChI is InChI=1S/C17H20N2O/c1-19-13-10-15(18-19)16(20)17(11-6-3-7-12-17)14-8-4-2-5-9-14/h2,4-5,8-10,13H,3,6-7,11-12H2,1H3. The molecule has 0 spiro atoms. The minimum atomic E-state index is -0.367. The third kappa shape index (κ3) is 2.17. The highest BCUT2D eigenvalue weighted by atomic mass is 16.1. The van der Waals surface area contributed by atoms with Gasteiger partial charge in [0.1, 0.15) is 5.69 Å². The first-order chi connectivity index (χ1) is 9.72. The SMILES string of the molecule is Cn1ccc(C(=O)C2(c3ccccc3)CCCCC2)n1. The lowest BCUT2D eigenvalue weighted by Gasteiger charge is -2.35. The van der Waals surface area contributed by atoms with Crippen LogP contribution in [-0.4, -0.2) is 15.6 Å². The monoisotopic (exact) mass is 268 g/mol. The lowest BCUT2D eigenvalue weighted by atomic mass is 9.66. The highest BCUT2D eigenvalue weighted by molar-refractivity contribution is 6.02. The minimum Gasteiger partial charge on any atom is -0.291 e. The van der Waals surface area contributed by atoms with Crippen LogP contribution in [0.1, 0.15) is 48.2 Å². The molecule has 0 saturated heterocycles. The van der Waals surface area contributed by atoms with Crippen molar-refractivity contribution in [1.29, 1.82) is 0 Å². The van der Waals surface area contributed by atoms with Crippen LogP contribution >= 0.6 is 0 Å². The number of nitrogens with zero attached hydrogens (tertiary/aromatic N) is 2. The second-order valence-electron chi connectivity index (χ2n) is 5.71. The third-order valence-corrected chi connectivity index (χ3v) is 4.41. The molecule has 0 aliphatic heterocycles. The van der Waals surface area contributed by atoms with Crippen LogP contribution in [0, 0.1) is 0 Å². The van der Waals surface area contributed by atoms with E-state index >= 15 is 0 Å². The number of hydrogen-bond acceptors (Lipinski definition) is 2. The number of ketones is 1. The van der Waals surface area contributed by atoms with E-state index in [0.717, 1.165) is 31.2 Å². The zero-order chi connectivity index (χ0) is 14.0. The van der Waals surface area contributed by atoms with Crippen LogP contribution in [0.5, 0.6) is 0 Å². The van der Waals surface area contributed by atoms with E-state index in [1.54, 1.807) is 4.68 Å². The Labute approximate surface area is 119 Å². The Kier molecular flexibility index (Phi) is 3.43. The Balaban J connectivity index is 2.04. The molecule has 20 heavy (non-hydrogen) atoms. The van der Waals surface area contributed by atoms with E-state index in [1.165, 1.54) is 6.42 Å². The Hall–Kier alpha value is -1.90. The number of benzene rings is 1. The van der Waals surface area contributed by atoms with Crippen LogP contribution < -0.4 is 0 Å². The maximum atomic E-state index is 13.1. The van der Waals surface area contributed by atoms with Crippen LogP contribution in [0.4, 0.5) is 0 Å². The maximum absolute atomic E-state index is 13.1. The van der Waals surface area contributed by atoms with Crippen LogP contribution in [-0.2, 0) is 12.5 Å². The van der Waals surface area contributed by atoms with Crippen molar-refractivity contribution in [2.24, 2.45) is 7.05 Å². The van der Waals surface area contributed by atoms with Gasteiger partial charge < -0.3 is 0 Å². The fourth-order valence-electron chi connectivity index (χ4n) is 3.34. The average molecular weight is 268 g/mol. The van der Waals surface area contributed by atoms with Gasteiger partial charge in [-0.1, -0.05) is 49.6 Å². The summed E-state index contributed by atoms with van der Waals surface area (Å²) in [7, 11) is 1.85. The lowest BCUT2D eigenvalue weighted by Crippen LogP contribution is -2.38. The average Bonchev–Trinajstić information content (AvgIpc) is 2.94. The Bertz CT molecular complexity index is 594. The zero-order valence-electron chi connectivity index (χ0n) is 11.9. The summed E-state index contributed by atoms with van der Waals surface area (Å²) >= 11 is 0. The molecule has 1 aliphatic carbocycles. The van der Waals surface area contributed by atoms with Crippen molar-refractivity contribution in [3.05, 3.63) is 53.9 Å². The molecule has 0 amide bonds. The fraction of sp³-hybridized carbons (Fsp3) is 0.412. The molecule has 1 aromatic carbocycles. The summed E-state index contributed by atoms with van der Waals surface area (Å²) in [5.41, 5.74) is 1.38. The summed E-state index contributed by atoms with van der Waals surface area (Å²) in [6.45, 7) is 0. The lowest BCUT2D eigenvalue weighted by molar-refractivity contribution is 0.0833. The van der Waals surface area contributed by atoms with Crippen molar-refractivity contribution in [3.63, 3.8) is 0 Å². The van der Waals surface area contributed by atoms with Crippen molar-refractivity contribution in [1.82, 2.24) is 9.78 Å². The van der Waals surface area contributed by atoms with Gasteiger partial charge in [0.05, 0.1) is 5.41 Å². The predicted molar refractivity (Wildman–Crippen MR) is 78.7 cm³/mol. The topological polar surface area (TPSA) is 34.9 Å². The molecular formula is C17H20N2O. The first-order valence-electron chi connectivity index (χ1n) is 7.32. The van der Waals surface area contributed by atoms with Gasteiger partial charge in [0.2, 0.25) is 0 Å². The molecule has 1 saturated carbocycles. The number of aryl methyl sites for hydroxylation is 1. The van der Waals surface area contributed by atoms with Crippen LogP contribution in [0.15, 0.2) is 42.6 Å². The van der Waals surface area contributed by atoms with Gasteiger partial charge in [0.15, 0.2) is 5.78 Å². The first kappa shape index (κ1) is 13.1. The maximum Gasteiger partial charge on any atom is 0.193 e. The molecule has 3 nitrogen and oxygen atoms in total. The normalized spacial score (nSPS) is 17.9. The van der Waals surface area contributed by atoms with Crippen molar-refractivity contribution >= 4 is 5.78 Å². The van der Waals surface area contributed by atoms with E-state index in [9.17, 15) is 4.79 Å². The van der Waals surface area contributed by atoms with Gasteiger partial charge in [-0.3, -0.25) is 9.48 Å². The summed E-state index contributed by atoms with van der Waals surface area (Å²) in [6, 6.07) is 12.1. The molecule has 3 rings (SSSR count). The van der Waals surface area contributed by atoms with Crippen LogP contribution in [0.2, 0.25) is 0 Å². The summed E-state index contributed by atoms with van der Waals surface area (Å²) < 4.78 is 1.70. The quantitative estimate of drug-likeness (QED) is 0.798. The predicted octanol–water partition coefficient (Wildman–Crippen LogP) is 3.50. The van der Waals surface area contributed by atoms with Gasteiger partial charge in [0.25, 0.3) is 0 Å². The summed E-state index contributed by atoms with van der Waals surface area (Å²) in [5, 5.41) is 4.32. The summed E-state index contributed by atoms with van der Waals surface area (Å²) in [4.78, 5) is 13.1.